The number of aromatic nitrogens is 1. The molecule has 0 aliphatic heterocycles. The van der Waals surface area contributed by atoms with Crippen molar-refractivity contribution >= 4 is 16.9 Å². The van der Waals surface area contributed by atoms with Gasteiger partial charge in [0.15, 0.2) is 0 Å². The molecule has 0 bridgehead atoms. The second-order valence-electron chi connectivity index (χ2n) is 2.95. The number of para-hydroxylation sites is 1. The fourth-order valence-electron chi connectivity index (χ4n) is 1.39. The van der Waals surface area contributed by atoms with E-state index in [1.807, 2.05) is 30.3 Å². The minimum absolute atomic E-state index is 0. The monoisotopic (exact) mass is 193 g/mol. The summed E-state index contributed by atoms with van der Waals surface area (Å²) >= 11 is 0. The largest absolute Gasteiger partial charge is 0.481 e. The molecule has 0 spiro atoms. The molecular weight excluding hydrogens is 182 g/mol. The van der Waals surface area contributed by atoms with Gasteiger partial charge in [-0.1, -0.05) is 18.2 Å². The molecule has 1 heterocycles. The van der Waals surface area contributed by atoms with E-state index in [0.717, 1.165) is 16.6 Å². The molecule has 0 atom stereocenters. The van der Waals surface area contributed by atoms with Crippen LogP contribution in [0.5, 0.6) is 0 Å². The van der Waals surface area contributed by atoms with Gasteiger partial charge in [0.1, 0.15) is 0 Å². The van der Waals surface area contributed by atoms with Gasteiger partial charge in [0.25, 0.3) is 0 Å². The molecule has 0 unspecified atom stereocenters. The highest BCUT2D eigenvalue weighted by molar-refractivity contribution is 5.82. The number of aliphatic carboxylic acids is 1. The van der Waals surface area contributed by atoms with Gasteiger partial charge in [-0.3, -0.25) is 4.79 Å². The first-order chi connectivity index (χ1) is 6.25. The van der Waals surface area contributed by atoms with Crippen LogP contribution in [0, 0.1) is 0 Å². The van der Waals surface area contributed by atoms with E-state index in [1.165, 1.54) is 0 Å². The number of carboxylic acids is 1. The minimum atomic E-state index is -0.813. The number of carbonyl (C=O) groups is 1. The third-order valence-electron chi connectivity index (χ3n) is 1.93. The third kappa shape index (κ3) is 1.92. The lowest BCUT2D eigenvalue weighted by molar-refractivity contribution is -0.136. The van der Waals surface area contributed by atoms with Crippen LogP contribution in [0.2, 0.25) is 0 Å². The van der Waals surface area contributed by atoms with Gasteiger partial charge >= 0.3 is 5.97 Å². The Morgan fingerprint density at radius 1 is 1.36 bits per heavy atom. The molecule has 0 aliphatic rings. The van der Waals surface area contributed by atoms with Gasteiger partial charge < -0.3 is 15.6 Å². The number of nitrogens with one attached hydrogen (secondary N) is 1. The molecule has 4 heteroatoms. The van der Waals surface area contributed by atoms with Crippen molar-refractivity contribution in [2.24, 2.45) is 0 Å². The first-order valence-corrected chi connectivity index (χ1v) is 4.04. The fourth-order valence-corrected chi connectivity index (χ4v) is 1.39. The van der Waals surface area contributed by atoms with Crippen LogP contribution in [0.4, 0.5) is 0 Å². The van der Waals surface area contributed by atoms with Crippen LogP contribution in [0.3, 0.4) is 0 Å². The van der Waals surface area contributed by atoms with Crippen LogP contribution in [0.25, 0.3) is 10.9 Å². The lowest BCUT2D eigenvalue weighted by Gasteiger charge is -1.88. The number of rotatable bonds is 2. The third-order valence-corrected chi connectivity index (χ3v) is 1.93. The summed E-state index contributed by atoms with van der Waals surface area (Å²) in [6.07, 6.45) is 0.0503. The van der Waals surface area contributed by atoms with Crippen molar-refractivity contribution in [3.63, 3.8) is 0 Å². The van der Waals surface area contributed by atoms with E-state index >= 15 is 0 Å². The van der Waals surface area contributed by atoms with Crippen LogP contribution in [-0.2, 0) is 11.2 Å². The highest BCUT2D eigenvalue weighted by Crippen LogP contribution is 2.14. The number of hydrogen-bond donors (Lipinski definition) is 2. The molecule has 2 aromatic rings. The number of hydrogen-bond acceptors (Lipinski definition) is 1. The predicted octanol–water partition coefficient (Wildman–Crippen LogP) is 0.970. The van der Waals surface area contributed by atoms with Gasteiger partial charge in [-0.2, -0.15) is 0 Å². The highest BCUT2D eigenvalue weighted by atomic mass is 16.4. The Hall–Kier alpha value is -1.81. The van der Waals surface area contributed by atoms with E-state index in [9.17, 15) is 4.79 Å². The van der Waals surface area contributed by atoms with Crippen molar-refractivity contribution < 1.29 is 15.4 Å². The molecule has 0 amide bonds. The highest BCUT2D eigenvalue weighted by Gasteiger charge is 2.03. The van der Waals surface area contributed by atoms with Gasteiger partial charge in [0.05, 0.1) is 6.42 Å². The summed E-state index contributed by atoms with van der Waals surface area (Å²) < 4.78 is 0. The molecule has 1 aromatic carbocycles. The number of carboxylic acid groups (broad SMARTS) is 1. The molecule has 0 saturated heterocycles. The second-order valence-corrected chi connectivity index (χ2v) is 2.95. The van der Waals surface area contributed by atoms with E-state index in [4.69, 9.17) is 5.11 Å². The van der Waals surface area contributed by atoms with Crippen LogP contribution < -0.4 is 0 Å². The van der Waals surface area contributed by atoms with Crippen molar-refractivity contribution in [1.29, 1.82) is 0 Å². The first-order valence-electron chi connectivity index (χ1n) is 4.04. The van der Waals surface area contributed by atoms with Crippen molar-refractivity contribution in [3.05, 3.63) is 36.0 Å². The van der Waals surface area contributed by atoms with Crippen LogP contribution in [0.15, 0.2) is 30.3 Å². The summed E-state index contributed by atoms with van der Waals surface area (Å²) in [6, 6.07) is 9.60. The van der Waals surface area contributed by atoms with E-state index in [1.54, 1.807) is 0 Å². The van der Waals surface area contributed by atoms with Crippen molar-refractivity contribution in [1.82, 2.24) is 4.98 Å². The van der Waals surface area contributed by atoms with E-state index in [-0.39, 0.29) is 11.9 Å². The normalized spacial score (nSPS) is 9.71. The zero-order valence-corrected chi connectivity index (χ0v) is 7.45. The Bertz CT molecular complexity index is 414. The Morgan fingerprint density at radius 3 is 2.71 bits per heavy atom. The Kier molecular flexibility index (Phi) is 2.89. The summed E-state index contributed by atoms with van der Waals surface area (Å²) in [5.41, 5.74) is 1.73. The Morgan fingerprint density at radius 2 is 2.07 bits per heavy atom. The summed E-state index contributed by atoms with van der Waals surface area (Å²) in [5, 5.41) is 9.63. The quantitative estimate of drug-likeness (QED) is 0.744. The summed E-state index contributed by atoms with van der Waals surface area (Å²) in [6.45, 7) is 0. The average molecular weight is 193 g/mol. The number of H-pyrrole nitrogens is 1. The van der Waals surface area contributed by atoms with Crippen molar-refractivity contribution in [2.45, 2.75) is 6.42 Å². The van der Waals surface area contributed by atoms with Gasteiger partial charge in [0.2, 0.25) is 0 Å². The number of fused-ring (bicyclic) bond motifs is 1. The van der Waals surface area contributed by atoms with Crippen molar-refractivity contribution in [3.8, 4) is 0 Å². The van der Waals surface area contributed by atoms with Gasteiger partial charge in [-0.05, 0) is 17.5 Å². The molecule has 14 heavy (non-hydrogen) atoms. The maximum Gasteiger partial charge on any atom is 0.309 e. The first kappa shape index (κ1) is 10.3. The van der Waals surface area contributed by atoms with Crippen molar-refractivity contribution in [2.75, 3.05) is 0 Å². The predicted molar refractivity (Wildman–Crippen MR) is 53.3 cm³/mol. The average Bonchev–Trinajstić information content (AvgIpc) is 2.44. The Balaban J connectivity index is 0.000000980. The maximum atomic E-state index is 10.4. The molecule has 4 nitrogen and oxygen atoms in total. The summed E-state index contributed by atoms with van der Waals surface area (Å²) in [5.74, 6) is -0.813. The van der Waals surface area contributed by atoms with Gasteiger partial charge in [-0.15, -0.1) is 0 Å². The van der Waals surface area contributed by atoms with E-state index < -0.39 is 5.97 Å². The molecule has 2 rings (SSSR count). The smallest absolute Gasteiger partial charge is 0.309 e. The van der Waals surface area contributed by atoms with Crippen LogP contribution in [0.1, 0.15) is 5.69 Å². The van der Waals surface area contributed by atoms with Gasteiger partial charge in [0, 0.05) is 11.2 Å². The molecular formula is C10H11NO3. The standard InChI is InChI=1S/C10H9NO2.H2O/c12-10(13)6-8-5-7-3-1-2-4-9(7)11-8;/h1-5,11H,6H2,(H,12,13);1H2. The van der Waals surface area contributed by atoms with E-state index in [0.29, 0.717) is 0 Å². The molecule has 0 fully saturated rings. The lowest BCUT2D eigenvalue weighted by atomic mass is 10.2. The second kappa shape index (κ2) is 3.93. The van der Waals surface area contributed by atoms with Gasteiger partial charge in [-0.25, -0.2) is 0 Å². The molecule has 0 aliphatic carbocycles. The SMILES string of the molecule is O.O=C(O)Cc1cc2ccccc2[nH]1. The van der Waals surface area contributed by atoms with Crippen LogP contribution >= 0.6 is 0 Å². The number of benzene rings is 1. The summed E-state index contributed by atoms with van der Waals surface area (Å²) in [7, 11) is 0. The maximum absolute atomic E-state index is 10.4. The molecule has 0 radical (unpaired) electrons. The molecule has 1 aromatic heterocycles. The minimum Gasteiger partial charge on any atom is -0.481 e. The summed E-state index contributed by atoms with van der Waals surface area (Å²) in [4.78, 5) is 13.5. The molecule has 0 saturated carbocycles. The lowest BCUT2D eigenvalue weighted by Crippen LogP contribution is -1.99. The number of aromatic amines is 1. The van der Waals surface area contributed by atoms with E-state index in [2.05, 4.69) is 4.98 Å². The van der Waals surface area contributed by atoms with Crippen LogP contribution in [-0.4, -0.2) is 21.5 Å². The molecule has 4 N–H and O–H groups in total. The topological polar surface area (TPSA) is 84.6 Å². The molecule has 74 valence electrons. The fraction of sp³-hybridized carbons (Fsp3) is 0.100. The zero-order chi connectivity index (χ0) is 9.26. The Labute approximate surface area is 80.5 Å². The zero-order valence-electron chi connectivity index (χ0n) is 7.45.